The van der Waals surface area contributed by atoms with Gasteiger partial charge >= 0.3 is 12.3 Å². The fourth-order valence-electron chi connectivity index (χ4n) is 0.351. The predicted molar refractivity (Wildman–Crippen MR) is 43.6 cm³/mol. The number of ether oxygens (including phenoxy) is 4. The molecule has 0 aliphatic carbocycles. The van der Waals surface area contributed by atoms with Gasteiger partial charge < -0.3 is 29.2 Å². The van der Waals surface area contributed by atoms with Crippen molar-refractivity contribution in [3.05, 3.63) is 0 Å². The Kier molecular flexibility index (Phi) is 6.73. The van der Waals surface area contributed by atoms with Crippen molar-refractivity contribution in [1.29, 1.82) is 0 Å². The molecule has 0 saturated carbocycles. The molecule has 2 N–H and O–H groups in total. The lowest BCUT2D eigenvalue weighted by atomic mass is 11.2. The third-order valence-corrected chi connectivity index (χ3v) is 1.21. The summed E-state index contributed by atoms with van der Waals surface area (Å²) in [6.07, 6.45) is -2.96. The van der Waals surface area contributed by atoms with E-state index in [1.807, 2.05) is 9.24 Å². The van der Waals surface area contributed by atoms with Crippen LogP contribution in [0.2, 0.25) is 0 Å². The summed E-state index contributed by atoms with van der Waals surface area (Å²) < 4.78 is 17.2. The van der Waals surface area contributed by atoms with Crippen LogP contribution in [0.5, 0.6) is 0 Å². The predicted octanol–water partition coefficient (Wildman–Crippen LogP) is 0.483. The second kappa shape index (κ2) is 7.31. The zero-order chi connectivity index (χ0) is 11.0. The molecule has 14 heavy (non-hydrogen) atoms. The third-order valence-electron chi connectivity index (χ3n) is 0.829. The van der Waals surface area contributed by atoms with Crippen molar-refractivity contribution in [2.45, 2.75) is 6.03 Å². The number of carbonyl (C=O) groups is 2. The van der Waals surface area contributed by atoms with Gasteiger partial charge in [-0.05, 0) is 0 Å². The molecule has 0 radical (unpaired) electrons. The summed E-state index contributed by atoms with van der Waals surface area (Å²) in [7, 11) is 2.03. The first-order chi connectivity index (χ1) is 6.52. The molecule has 0 aromatic carbocycles. The van der Waals surface area contributed by atoms with Crippen LogP contribution in [0, 0.1) is 0 Å². The Morgan fingerprint density at radius 3 is 1.71 bits per heavy atom. The highest BCUT2D eigenvalue weighted by Gasteiger charge is 2.05. The van der Waals surface area contributed by atoms with Crippen LogP contribution < -0.4 is 0 Å². The molecular formula is C5H9O8P. The van der Waals surface area contributed by atoms with Crippen molar-refractivity contribution in [1.82, 2.24) is 0 Å². The van der Waals surface area contributed by atoms with Gasteiger partial charge in [-0.1, -0.05) is 9.24 Å². The highest BCUT2D eigenvalue weighted by Crippen LogP contribution is 2.04. The molecule has 1 atom stereocenters. The molecule has 9 heteroatoms. The smallest absolute Gasteiger partial charge is 0.450 e. The molecule has 82 valence electrons. The summed E-state index contributed by atoms with van der Waals surface area (Å²) in [5.41, 5.74) is 0. The maximum absolute atomic E-state index is 9.83. The molecule has 0 aromatic rings. The van der Waals surface area contributed by atoms with Crippen LogP contribution >= 0.6 is 9.24 Å². The zero-order valence-corrected chi connectivity index (χ0v) is 8.07. The van der Waals surface area contributed by atoms with E-state index in [1.165, 1.54) is 0 Å². The van der Waals surface area contributed by atoms with Crippen LogP contribution in [0.3, 0.4) is 0 Å². The minimum atomic E-state index is -1.48. The molecule has 1 unspecified atom stereocenters. The van der Waals surface area contributed by atoms with Crippen molar-refractivity contribution in [3.8, 4) is 0 Å². The number of hydrogen-bond acceptors (Lipinski definition) is 6. The molecule has 0 aromatic heterocycles. The molecular weight excluding hydrogens is 219 g/mol. The number of hydrogen-bond donors (Lipinski definition) is 2. The molecule has 8 nitrogen and oxygen atoms in total. The van der Waals surface area contributed by atoms with Gasteiger partial charge in [0, 0.05) is 0 Å². The third kappa shape index (κ3) is 8.98. The van der Waals surface area contributed by atoms with Gasteiger partial charge in [0.2, 0.25) is 0 Å². The largest absolute Gasteiger partial charge is 0.507 e. The van der Waals surface area contributed by atoms with Crippen molar-refractivity contribution in [2.75, 3.05) is 13.6 Å². The standard InChI is InChI=1S/C5H9O8P/c6-3(7)10-1-12-5(14)13-2-11-4(8)9/h5H,1-2,14H2,(H,6,7)(H,8,9). The van der Waals surface area contributed by atoms with E-state index in [0.717, 1.165) is 0 Å². The number of carboxylic acid groups (broad SMARTS) is 2. The molecule has 0 aliphatic rings. The molecule has 0 amide bonds. The number of rotatable bonds is 6. The van der Waals surface area contributed by atoms with Crippen LogP contribution in [0.4, 0.5) is 9.59 Å². The van der Waals surface area contributed by atoms with Crippen LogP contribution in [0.1, 0.15) is 0 Å². The first kappa shape index (κ1) is 12.9. The second-order valence-electron chi connectivity index (χ2n) is 1.76. The van der Waals surface area contributed by atoms with Crippen LogP contribution in [-0.2, 0) is 18.9 Å². The Morgan fingerprint density at radius 1 is 1.07 bits per heavy atom. The zero-order valence-electron chi connectivity index (χ0n) is 6.91. The van der Waals surface area contributed by atoms with Crippen LogP contribution in [-0.4, -0.2) is 42.1 Å². The molecule has 0 spiro atoms. The Morgan fingerprint density at radius 2 is 1.43 bits per heavy atom. The summed E-state index contributed by atoms with van der Waals surface area (Å²) in [6, 6.07) is -0.909. The quantitative estimate of drug-likeness (QED) is 0.383. The lowest BCUT2D eigenvalue weighted by molar-refractivity contribution is -0.171. The second-order valence-corrected chi connectivity index (χ2v) is 2.30. The summed E-state index contributed by atoms with van der Waals surface area (Å²) in [4.78, 5) is 19.7. The van der Waals surface area contributed by atoms with Gasteiger partial charge in [0.25, 0.3) is 0 Å². The van der Waals surface area contributed by atoms with E-state index in [-0.39, 0.29) is 0 Å². The SMILES string of the molecule is O=C(O)OCOC(P)OCOC(=O)O. The van der Waals surface area contributed by atoms with Gasteiger partial charge in [0.15, 0.2) is 19.6 Å². The van der Waals surface area contributed by atoms with Crippen molar-refractivity contribution < 1.29 is 38.7 Å². The van der Waals surface area contributed by atoms with E-state index < -0.39 is 31.9 Å². The minimum Gasteiger partial charge on any atom is -0.450 e. The topological polar surface area (TPSA) is 112 Å². The molecule has 0 fully saturated rings. The first-order valence-corrected chi connectivity index (χ1v) is 3.89. The maximum atomic E-state index is 9.83. The summed E-state index contributed by atoms with van der Waals surface area (Å²) >= 11 is 0. The fourth-order valence-corrected chi connectivity index (χ4v) is 0.508. The van der Waals surface area contributed by atoms with Crippen LogP contribution in [0.15, 0.2) is 0 Å². The maximum Gasteiger partial charge on any atom is 0.507 e. The normalized spacial score (nSPS) is 9.86. The molecule has 0 aliphatic heterocycles. The van der Waals surface area contributed by atoms with E-state index in [2.05, 4.69) is 18.9 Å². The average molecular weight is 228 g/mol. The van der Waals surface area contributed by atoms with Gasteiger partial charge in [-0.25, -0.2) is 9.59 Å². The monoisotopic (exact) mass is 228 g/mol. The summed E-state index contributed by atoms with van der Waals surface area (Å²) in [5.74, 6) is 0. The van der Waals surface area contributed by atoms with E-state index >= 15 is 0 Å². The van der Waals surface area contributed by atoms with Gasteiger partial charge in [0.05, 0.1) is 0 Å². The summed E-state index contributed by atoms with van der Waals surface area (Å²) in [5, 5.41) is 16.0. The van der Waals surface area contributed by atoms with E-state index in [4.69, 9.17) is 10.2 Å². The van der Waals surface area contributed by atoms with E-state index in [9.17, 15) is 9.59 Å². The molecule has 0 saturated heterocycles. The van der Waals surface area contributed by atoms with Gasteiger partial charge in [-0.2, -0.15) is 0 Å². The lowest BCUT2D eigenvalue weighted by Crippen LogP contribution is -2.16. The molecule has 0 bridgehead atoms. The van der Waals surface area contributed by atoms with Gasteiger partial charge in [-0.3, -0.25) is 0 Å². The van der Waals surface area contributed by atoms with Crippen molar-refractivity contribution >= 4 is 21.6 Å². The fraction of sp³-hybridized carbons (Fsp3) is 0.600. The van der Waals surface area contributed by atoms with E-state index in [1.54, 1.807) is 0 Å². The Balaban J connectivity index is 3.32. The molecule has 0 rings (SSSR count). The van der Waals surface area contributed by atoms with Gasteiger partial charge in [0.1, 0.15) is 0 Å². The Labute approximate surface area is 80.9 Å². The lowest BCUT2D eigenvalue weighted by Gasteiger charge is -2.11. The minimum absolute atomic E-state index is 0.517. The van der Waals surface area contributed by atoms with E-state index in [0.29, 0.717) is 0 Å². The van der Waals surface area contributed by atoms with Crippen molar-refractivity contribution in [3.63, 3.8) is 0 Å². The highest BCUT2D eigenvalue weighted by atomic mass is 31.0. The highest BCUT2D eigenvalue weighted by molar-refractivity contribution is 7.16. The van der Waals surface area contributed by atoms with Crippen molar-refractivity contribution in [2.24, 2.45) is 0 Å². The first-order valence-electron chi connectivity index (χ1n) is 3.22. The average Bonchev–Trinajstić information content (AvgIpc) is 2.02. The Bertz CT molecular complexity index is 174. The Hall–Kier alpha value is -1.11. The summed E-state index contributed by atoms with van der Waals surface area (Å²) in [6.45, 7) is -1.03. The van der Waals surface area contributed by atoms with Crippen LogP contribution in [0.25, 0.3) is 0 Å². The molecule has 0 heterocycles. The van der Waals surface area contributed by atoms with Gasteiger partial charge in [-0.15, -0.1) is 0 Å².